The molecule has 0 radical (unpaired) electrons. The van der Waals surface area contributed by atoms with Crippen molar-refractivity contribution in [3.05, 3.63) is 60.2 Å². The van der Waals surface area contributed by atoms with E-state index in [1.807, 2.05) is 30.0 Å². The topological polar surface area (TPSA) is 70.6 Å². The number of nitrogens with zero attached hydrogens (tertiary/aromatic N) is 1. The van der Waals surface area contributed by atoms with Crippen molar-refractivity contribution in [3.8, 4) is 0 Å². The van der Waals surface area contributed by atoms with Crippen LogP contribution in [0.15, 0.2) is 69.4 Å². The summed E-state index contributed by atoms with van der Waals surface area (Å²) in [4.78, 5) is 5.92. The maximum Gasteiger partial charge on any atom is 0.191 e. The molecule has 0 saturated heterocycles. The number of guanidine groups is 1. The molecule has 2 aromatic rings. The van der Waals surface area contributed by atoms with E-state index >= 15 is 0 Å². The lowest BCUT2D eigenvalue weighted by Crippen LogP contribution is -2.40. The van der Waals surface area contributed by atoms with Gasteiger partial charge in [-0.2, -0.15) is 0 Å². The summed E-state index contributed by atoms with van der Waals surface area (Å²) in [5.74, 6) is 0.752. The van der Waals surface area contributed by atoms with E-state index in [2.05, 4.69) is 39.9 Å². The normalized spacial score (nSPS) is 16.0. The van der Waals surface area contributed by atoms with Gasteiger partial charge in [-0.1, -0.05) is 30.3 Å². The van der Waals surface area contributed by atoms with E-state index in [4.69, 9.17) is 0 Å². The van der Waals surface area contributed by atoms with Gasteiger partial charge < -0.3 is 10.6 Å². The highest BCUT2D eigenvalue weighted by Crippen LogP contribution is 2.51. The second-order valence-electron chi connectivity index (χ2n) is 6.79. The molecular weight excluding hydrogens is 378 g/mol. The summed E-state index contributed by atoms with van der Waals surface area (Å²) in [6.45, 7) is 1.45. The fraction of sp³-hybridized carbons (Fsp3) is 0.350. The quantitative estimate of drug-likeness (QED) is 0.549. The maximum absolute atomic E-state index is 11.5. The molecule has 0 unspecified atom stereocenters. The zero-order valence-corrected chi connectivity index (χ0v) is 17.2. The Morgan fingerprint density at radius 2 is 1.74 bits per heavy atom. The molecule has 0 aromatic heterocycles. The second-order valence-corrected chi connectivity index (χ2v) is 10.4. The van der Waals surface area contributed by atoms with Crippen molar-refractivity contribution < 1.29 is 8.42 Å². The summed E-state index contributed by atoms with van der Waals surface area (Å²) >= 11 is 1.93. The summed E-state index contributed by atoms with van der Waals surface area (Å²) in [5.41, 5.74) is 1.00. The van der Waals surface area contributed by atoms with Gasteiger partial charge in [0.1, 0.15) is 0 Å². The van der Waals surface area contributed by atoms with Gasteiger partial charge in [0.05, 0.1) is 4.90 Å². The highest BCUT2D eigenvalue weighted by Gasteiger charge is 2.43. The molecule has 1 fully saturated rings. The molecule has 0 heterocycles. The third-order valence-corrected chi connectivity index (χ3v) is 7.12. The Morgan fingerprint density at radius 1 is 1.07 bits per heavy atom. The van der Waals surface area contributed by atoms with Crippen molar-refractivity contribution in [2.45, 2.75) is 33.9 Å². The summed E-state index contributed by atoms with van der Waals surface area (Å²) < 4.78 is 23.3. The number of sulfone groups is 1. The lowest BCUT2D eigenvalue weighted by Gasteiger charge is -2.18. The minimum absolute atomic E-state index is 0.246. The molecule has 1 saturated carbocycles. The Hall–Kier alpha value is -1.99. The number of hydrogen-bond acceptors (Lipinski definition) is 4. The lowest BCUT2D eigenvalue weighted by molar-refractivity contribution is 0.602. The standard InChI is InChI=1S/C20H25N3O2S2/c1-21-19(22-14-16-8-10-18(11-9-16)27(2,24)25)23-15-20(12-13-20)26-17-6-4-3-5-7-17/h3-11H,12-15H2,1-2H3,(H2,21,22,23). The molecule has 1 aliphatic rings. The van der Waals surface area contributed by atoms with Crippen molar-refractivity contribution in [1.82, 2.24) is 10.6 Å². The van der Waals surface area contributed by atoms with Gasteiger partial charge in [0.15, 0.2) is 15.8 Å². The van der Waals surface area contributed by atoms with E-state index in [0.29, 0.717) is 11.4 Å². The first kappa shape index (κ1) is 19.8. The first-order valence-electron chi connectivity index (χ1n) is 8.88. The molecule has 2 aromatic carbocycles. The number of benzene rings is 2. The number of thioether (sulfide) groups is 1. The molecule has 0 bridgehead atoms. The highest BCUT2D eigenvalue weighted by atomic mass is 32.2. The Balaban J connectivity index is 1.50. The molecule has 2 N–H and O–H groups in total. The van der Waals surface area contributed by atoms with Gasteiger partial charge in [-0.25, -0.2) is 8.42 Å². The summed E-state index contributed by atoms with van der Waals surface area (Å²) in [7, 11) is -1.40. The van der Waals surface area contributed by atoms with Crippen LogP contribution in [-0.2, 0) is 16.4 Å². The smallest absolute Gasteiger partial charge is 0.191 e. The van der Waals surface area contributed by atoms with Gasteiger partial charge in [0.2, 0.25) is 0 Å². The van der Waals surface area contributed by atoms with Crippen LogP contribution in [0.4, 0.5) is 0 Å². The van der Waals surface area contributed by atoms with Gasteiger partial charge in [0.25, 0.3) is 0 Å². The molecule has 0 aliphatic heterocycles. The minimum atomic E-state index is -3.16. The molecule has 1 aliphatic carbocycles. The van der Waals surface area contributed by atoms with E-state index in [0.717, 1.165) is 18.1 Å². The Morgan fingerprint density at radius 3 is 2.30 bits per heavy atom. The largest absolute Gasteiger partial charge is 0.355 e. The fourth-order valence-corrected chi connectivity index (χ4v) is 4.57. The van der Waals surface area contributed by atoms with Crippen LogP contribution >= 0.6 is 11.8 Å². The monoisotopic (exact) mass is 403 g/mol. The zero-order chi connectivity index (χ0) is 19.3. The molecule has 3 rings (SSSR count). The van der Waals surface area contributed by atoms with Crippen LogP contribution in [-0.4, -0.2) is 39.0 Å². The Labute approximate surface area is 165 Å². The molecule has 0 spiro atoms. The van der Waals surface area contributed by atoms with Crippen molar-refractivity contribution in [3.63, 3.8) is 0 Å². The number of rotatable bonds is 7. The zero-order valence-electron chi connectivity index (χ0n) is 15.6. The summed E-state index contributed by atoms with van der Waals surface area (Å²) in [6.07, 6.45) is 3.61. The van der Waals surface area contributed by atoms with Gasteiger partial charge in [-0.15, -0.1) is 11.8 Å². The molecule has 27 heavy (non-hydrogen) atoms. The third-order valence-electron chi connectivity index (χ3n) is 4.50. The molecule has 5 nitrogen and oxygen atoms in total. The first-order valence-corrected chi connectivity index (χ1v) is 11.6. The Bertz CT molecular complexity index is 891. The summed E-state index contributed by atoms with van der Waals surface area (Å²) in [6, 6.07) is 17.4. The van der Waals surface area contributed by atoms with Crippen LogP contribution in [0.2, 0.25) is 0 Å². The number of nitrogens with one attached hydrogen (secondary N) is 2. The molecular formula is C20H25N3O2S2. The van der Waals surface area contributed by atoms with Crippen molar-refractivity contribution in [1.29, 1.82) is 0 Å². The average Bonchev–Trinajstić information content (AvgIpc) is 3.42. The van der Waals surface area contributed by atoms with Crippen molar-refractivity contribution >= 4 is 27.6 Å². The predicted octanol–water partition coefficient (Wildman–Crippen LogP) is 3.08. The SMILES string of the molecule is CN=C(NCc1ccc(S(C)(=O)=O)cc1)NCC1(Sc2ccccc2)CC1. The predicted molar refractivity (Wildman–Crippen MR) is 112 cm³/mol. The van der Waals surface area contributed by atoms with Crippen LogP contribution in [0.1, 0.15) is 18.4 Å². The molecule has 144 valence electrons. The molecule has 0 atom stereocenters. The average molecular weight is 404 g/mol. The van der Waals surface area contributed by atoms with Crippen LogP contribution in [0.3, 0.4) is 0 Å². The van der Waals surface area contributed by atoms with Crippen LogP contribution < -0.4 is 10.6 Å². The van der Waals surface area contributed by atoms with E-state index < -0.39 is 9.84 Å². The minimum Gasteiger partial charge on any atom is -0.355 e. The van der Waals surface area contributed by atoms with E-state index in [9.17, 15) is 8.42 Å². The van der Waals surface area contributed by atoms with Gasteiger partial charge in [0, 0.05) is 36.0 Å². The van der Waals surface area contributed by atoms with Crippen LogP contribution in [0.5, 0.6) is 0 Å². The van der Waals surface area contributed by atoms with Crippen LogP contribution in [0.25, 0.3) is 0 Å². The Kier molecular flexibility index (Phi) is 6.11. The van der Waals surface area contributed by atoms with Crippen LogP contribution in [0, 0.1) is 0 Å². The van der Waals surface area contributed by atoms with E-state index in [-0.39, 0.29) is 4.75 Å². The van der Waals surface area contributed by atoms with Gasteiger partial charge in [-0.3, -0.25) is 4.99 Å². The third kappa shape index (κ3) is 5.74. The fourth-order valence-electron chi connectivity index (χ4n) is 2.70. The van der Waals surface area contributed by atoms with E-state index in [1.54, 1.807) is 19.2 Å². The van der Waals surface area contributed by atoms with Crippen molar-refractivity contribution in [2.75, 3.05) is 19.8 Å². The number of hydrogen-bond donors (Lipinski definition) is 2. The molecule has 0 amide bonds. The summed E-state index contributed by atoms with van der Waals surface area (Å²) in [5, 5.41) is 6.71. The highest BCUT2D eigenvalue weighted by molar-refractivity contribution is 8.01. The maximum atomic E-state index is 11.5. The number of aliphatic imine (C=N–C) groups is 1. The van der Waals surface area contributed by atoms with Crippen molar-refractivity contribution in [2.24, 2.45) is 4.99 Å². The lowest BCUT2D eigenvalue weighted by atomic mass is 10.2. The first-order chi connectivity index (χ1) is 12.9. The van der Waals surface area contributed by atoms with Gasteiger partial charge in [-0.05, 0) is 42.7 Å². The van der Waals surface area contributed by atoms with E-state index in [1.165, 1.54) is 24.0 Å². The second kappa shape index (κ2) is 8.35. The molecule has 7 heteroatoms. The van der Waals surface area contributed by atoms with Gasteiger partial charge >= 0.3 is 0 Å².